The highest BCUT2D eigenvalue weighted by atomic mass is 19.1. The molecule has 5 rings (SSSR count). The summed E-state index contributed by atoms with van der Waals surface area (Å²) >= 11 is 0. The molecule has 1 fully saturated rings. The first-order valence-corrected chi connectivity index (χ1v) is 11.6. The second-order valence-electron chi connectivity index (χ2n) is 9.08. The molecule has 1 N–H and O–H groups in total. The predicted octanol–water partition coefficient (Wildman–Crippen LogP) is 5.88. The lowest BCUT2D eigenvalue weighted by Crippen LogP contribution is -2.22. The number of furan rings is 1. The molecular formula is C26H28FN5O2. The Morgan fingerprint density at radius 2 is 1.94 bits per heavy atom. The molecule has 0 bridgehead atoms. The minimum atomic E-state index is -0.456. The van der Waals surface area contributed by atoms with E-state index in [4.69, 9.17) is 9.40 Å². The summed E-state index contributed by atoms with van der Waals surface area (Å²) in [6.07, 6.45) is 3.75. The average Bonchev–Trinajstić information content (AvgIpc) is 3.54. The summed E-state index contributed by atoms with van der Waals surface area (Å²) in [5, 5.41) is 7.95. The second kappa shape index (κ2) is 8.59. The standard InChI is InChI=1S/C26H28FN5O2/c1-15(2)32-25-20(14-28-32)19(13-22(29-25)18-12-16(3)34-17(18)4)26(33)30-24-21(27)8-7-9-23(24)31-10-5-6-11-31/h7-9,12-15H,5-6,10-11H2,1-4H3,(H,30,33). The molecule has 1 saturated heterocycles. The van der Waals surface area contributed by atoms with Crippen LogP contribution in [0.4, 0.5) is 15.8 Å². The number of carbonyl (C=O) groups is 1. The predicted molar refractivity (Wildman–Crippen MR) is 131 cm³/mol. The molecule has 4 heterocycles. The number of hydrogen-bond donors (Lipinski definition) is 1. The lowest BCUT2D eigenvalue weighted by molar-refractivity contribution is 0.102. The summed E-state index contributed by atoms with van der Waals surface area (Å²) in [5.41, 5.74) is 3.32. The van der Waals surface area contributed by atoms with Gasteiger partial charge in [0.1, 0.15) is 23.0 Å². The van der Waals surface area contributed by atoms with Gasteiger partial charge in [-0.2, -0.15) is 5.10 Å². The van der Waals surface area contributed by atoms with Gasteiger partial charge < -0.3 is 14.6 Å². The molecule has 7 nitrogen and oxygen atoms in total. The summed E-state index contributed by atoms with van der Waals surface area (Å²) in [7, 11) is 0. The topological polar surface area (TPSA) is 76.2 Å². The molecule has 1 amide bonds. The van der Waals surface area contributed by atoms with Crippen molar-refractivity contribution in [1.29, 1.82) is 0 Å². The Kier molecular flexibility index (Phi) is 5.59. The van der Waals surface area contributed by atoms with Crippen molar-refractivity contribution in [2.75, 3.05) is 23.3 Å². The number of para-hydroxylation sites is 1. The maximum atomic E-state index is 14.9. The minimum Gasteiger partial charge on any atom is -0.466 e. The first kappa shape index (κ1) is 22.1. The molecule has 0 radical (unpaired) electrons. The van der Waals surface area contributed by atoms with Crippen LogP contribution in [0.3, 0.4) is 0 Å². The summed E-state index contributed by atoms with van der Waals surface area (Å²) < 4.78 is 22.4. The van der Waals surface area contributed by atoms with Crippen molar-refractivity contribution < 1.29 is 13.6 Å². The van der Waals surface area contributed by atoms with Crippen molar-refractivity contribution in [3.8, 4) is 11.3 Å². The number of fused-ring (bicyclic) bond motifs is 1. The number of benzene rings is 1. The lowest BCUT2D eigenvalue weighted by Gasteiger charge is -2.22. The van der Waals surface area contributed by atoms with E-state index in [0.717, 1.165) is 43.0 Å². The zero-order valence-corrected chi connectivity index (χ0v) is 19.9. The van der Waals surface area contributed by atoms with Crippen LogP contribution in [-0.2, 0) is 0 Å². The Bertz CT molecular complexity index is 1380. The third-order valence-corrected chi connectivity index (χ3v) is 6.29. The molecule has 0 aliphatic carbocycles. The van der Waals surface area contributed by atoms with E-state index in [1.807, 2.05) is 39.8 Å². The van der Waals surface area contributed by atoms with Gasteiger partial charge in [0.05, 0.1) is 28.5 Å². The van der Waals surface area contributed by atoms with Crippen LogP contribution in [0.25, 0.3) is 22.3 Å². The molecule has 8 heteroatoms. The van der Waals surface area contributed by atoms with E-state index in [2.05, 4.69) is 15.3 Å². The normalized spacial score (nSPS) is 13.9. The summed E-state index contributed by atoms with van der Waals surface area (Å²) in [6, 6.07) is 8.60. The molecule has 3 aromatic heterocycles. The van der Waals surface area contributed by atoms with Crippen molar-refractivity contribution in [3.63, 3.8) is 0 Å². The van der Waals surface area contributed by atoms with E-state index >= 15 is 0 Å². The number of aryl methyl sites for hydroxylation is 2. The van der Waals surface area contributed by atoms with Crippen LogP contribution in [0, 0.1) is 19.7 Å². The van der Waals surface area contributed by atoms with Gasteiger partial charge in [-0.3, -0.25) is 4.79 Å². The third kappa shape index (κ3) is 3.83. The van der Waals surface area contributed by atoms with Crippen molar-refractivity contribution >= 4 is 28.3 Å². The van der Waals surface area contributed by atoms with Gasteiger partial charge in [-0.1, -0.05) is 6.07 Å². The highest BCUT2D eigenvalue weighted by Gasteiger charge is 2.24. The molecule has 1 aliphatic heterocycles. The van der Waals surface area contributed by atoms with Gasteiger partial charge in [-0.05, 0) is 64.8 Å². The fourth-order valence-electron chi connectivity index (χ4n) is 4.65. The fraction of sp³-hybridized carbons (Fsp3) is 0.346. The summed E-state index contributed by atoms with van der Waals surface area (Å²) in [5.74, 6) is 0.624. The Labute approximate surface area is 197 Å². The fourth-order valence-corrected chi connectivity index (χ4v) is 4.65. The van der Waals surface area contributed by atoms with E-state index in [9.17, 15) is 9.18 Å². The Balaban J connectivity index is 1.63. The number of pyridine rings is 1. The number of hydrogen-bond acceptors (Lipinski definition) is 5. The molecule has 176 valence electrons. The number of nitrogens with zero attached hydrogens (tertiary/aromatic N) is 4. The number of rotatable bonds is 5. The molecule has 1 aliphatic rings. The van der Waals surface area contributed by atoms with Crippen molar-refractivity contribution in [1.82, 2.24) is 14.8 Å². The molecular weight excluding hydrogens is 433 g/mol. The molecule has 4 aromatic rings. The maximum absolute atomic E-state index is 14.9. The van der Waals surface area contributed by atoms with Crippen LogP contribution in [-0.4, -0.2) is 33.8 Å². The van der Waals surface area contributed by atoms with Gasteiger partial charge in [0.2, 0.25) is 0 Å². The van der Waals surface area contributed by atoms with E-state index < -0.39 is 11.7 Å². The Morgan fingerprint density at radius 3 is 2.62 bits per heavy atom. The van der Waals surface area contributed by atoms with E-state index in [-0.39, 0.29) is 11.7 Å². The van der Waals surface area contributed by atoms with Gasteiger partial charge in [-0.15, -0.1) is 0 Å². The zero-order chi connectivity index (χ0) is 24.0. The highest BCUT2D eigenvalue weighted by molar-refractivity contribution is 6.13. The third-order valence-electron chi connectivity index (χ3n) is 6.29. The van der Waals surface area contributed by atoms with Crippen molar-refractivity contribution in [2.24, 2.45) is 0 Å². The molecule has 34 heavy (non-hydrogen) atoms. The number of halogens is 1. The monoisotopic (exact) mass is 461 g/mol. The van der Waals surface area contributed by atoms with Crippen LogP contribution in [0.5, 0.6) is 0 Å². The zero-order valence-electron chi connectivity index (χ0n) is 19.9. The van der Waals surface area contributed by atoms with E-state index in [0.29, 0.717) is 28.0 Å². The highest BCUT2D eigenvalue weighted by Crippen LogP contribution is 2.34. The van der Waals surface area contributed by atoms with Crippen LogP contribution >= 0.6 is 0 Å². The molecule has 0 unspecified atom stereocenters. The van der Waals surface area contributed by atoms with E-state index in [1.165, 1.54) is 6.07 Å². The number of amides is 1. The number of nitrogens with one attached hydrogen (secondary N) is 1. The quantitative estimate of drug-likeness (QED) is 0.402. The smallest absolute Gasteiger partial charge is 0.256 e. The van der Waals surface area contributed by atoms with Crippen LogP contribution in [0.1, 0.15) is 54.6 Å². The number of carbonyl (C=O) groups excluding carboxylic acids is 1. The molecule has 0 spiro atoms. The van der Waals surface area contributed by atoms with Crippen LogP contribution < -0.4 is 10.2 Å². The van der Waals surface area contributed by atoms with Gasteiger partial charge in [0, 0.05) is 24.7 Å². The van der Waals surface area contributed by atoms with Gasteiger partial charge in [-0.25, -0.2) is 14.1 Å². The Hall–Kier alpha value is -3.68. The Morgan fingerprint density at radius 1 is 1.18 bits per heavy atom. The molecule has 1 aromatic carbocycles. The summed E-state index contributed by atoms with van der Waals surface area (Å²) in [6.45, 7) is 9.45. The number of aromatic nitrogens is 3. The van der Waals surface area contributed by atoms with Crippen molar-refractivity contribution in [3.05, 3.63) is 59.4 Å². The van der Waals surface area contributed by atoms with E-state index in [1.54, 1.807) is 23.0 Å². The van der Waals surface area contributed by atoms with Crippen LogP contribution in [0.2, 0.25) is 0 Å². The largest absolute Gasteiger partial charge is 0.466 e. The molecule has 0 saturated carbocycles. The summed E-state index contributed by atoms with van der Waals surface area (Å²) in [4.78, 5) is 20.6. The first-order chi connectivity index (χ1) is 16.3. The number of anilines is 2. The first-order valence-electron chi connectivity index (χ1n) is 11.6. The van der Waals surface area contributed by atoms with Gasteiger partial charge in [0.25, 0.3) is 5.91 Å². The van der Waals surface area contributed by atoms with Crippen LogP contribution in [0.15, 0.2) is 40.9 Å². The van der Waals surface area contributed by atoms with Gasteiger partial charge >= 0.3 is 0 Å². The average molecular weight is 462 g/mol. The maximum Gasteiger partial charge on any atom is 0.256 e. The molecule has 0 atom stereocenters. The van der Waals surface area contributed by atoms with Crippen molar-refractivity contribution in [2.45, 2.75) is 46.6 Å². The second-order valence-corrected chi connectivity index (χ2v) is 9.08. The van der Waals surface area contributed by atoms with Gasteiger partial charge in [0.15, 0.2) is 5.65 Å². The SMILES string of the molecule is Cc1cc(-c2cc(C(=O)Nc3c(F)cccc3N3CCCC3)c3cnn(C(C)C)c3n2)c(C)o1. The lowest BCUT2D eigenvalue weighted by atomic mass is 10.1. The minimum absolute atomic E-state index is 0.0525.